The van der Waals surface area contributed by atoms with E-state index in [2.05, 4.69) is 0 Å². The van der Waals surface area contributed by atoms with Gasteiger partial charge in [0.1, 0.15) is 11.6 Å². The first kappa shape index (κ1) is 30.1. The van der Waals surface area contributed by atoms with Crippen LogP contribution in [0.15, 0.2) is 103 Å². The number of anilines is 2. The maximum absolute atomic E-state index is 15.1. The molecule has 2 saturated heterocycles. The van der Waals surface area contributed by atoms with Crippen molar-refractivity contribution in [3.8, 4) is 0 Å². The van der Waals surface area contributed by atoms with E-state index in [-0.39, 0.29) is 24.3 Å². The highest BCUT2D eigenvalue weighted by molar-refractivity contribution is 6.08. The number of aliphatic hydroxyl groups is 1. The van der Waals surface area contributed by atoms with Crippen molar-refractivity contribution in [1.29, 1.82) is 0 Å². The maximum atomic E-state index is 15.1. The molecular formula is C38H39N3O5. The predicted octanol–water partition coefficient (Wildman–Crippen LogP) is 4.90. The van der Waals surface area contributed by atoms with E-state index in [9.17, 15) is 9.90 Å². The Kier molecular flexibility index (Phi) is 7.45. The number of hydrogen-bond acceptors (Lipinski definition) is 5. The number of nitrogens with zero attached hydrogens (tertiary/aromatic N) is 3. The third-order valence-electron chi connectivity index (χ3n) is 10.3. The molecule has 0 saturated carbocycles. The number of ether oxygens (including phenoxy) is 1. The number of amides is 3. The van der Waals surface area contributed by atoms with E-state index in [0.717, 1.165) is 22.5 Å². The molecule has 0 aliphatic carbocycles. The lowest BCUT2D eigenvalue weighted by molar-refractivity contribution is -0.149. The van der Waals surface area contributed by atoms with Gasteiger partial charge in [-0.25, -0.2) is 0 Å². The molecule has 0 radical (unpaired) electrons. The second-order valence-corrected chi connectivity index (χ2v) is 12.8. The summed E-state index contributed by atoms with van der Waals surface area (Å²) < 4.78 is 7.16. The Labute approximate surface area is 269 Å². The summed E-state index contributed by atoms with van der Waals surface area (Å²) in [5.74, 6) is -2.77. The van der Waals surface area contributed by atoms with Gasteiger partial charge in [0.2, 0.25) is 11.8 Å². The van der Waals surface area contributed by atoms with Crippen molar-refractivity contribution < 1.29 is 24.2 Å². The number of carbonyl (C=O) groups excluding carboxylic acids is 3. The zero-order valence-corrected chi connectivity index (χ0v) is 26.4. The first-order chi connectivity index (χ1) is 22.3. The lowest BCUT2D eigenvalue weighted by atomic mass is 9.73. The summed E-state index contributed by atoms with van der Waals surface area (Å²) in [7, 11) is 0. The van der Waals surface area contributed by atoms with Crippen molar-refractivity contribution in [1.82, 2.24) is 4.90 Å². The van der Waals surface area contributed by atoms with E-state index >= 15 is 9.59 Å². The van der Waals surface area contributed by atoms with Crippen LogP contribution < -0.4 is 9.80 Å². The van der Waals surface area contributed by atoms with Crippen molar-refractivity contribution in [3.63, 3.8) is 0 Å². The van der Waals surface area contributed by atoms with Gasteiger partial charge in [-0.15, -0.1) is 0 Å². The Hall–Kier alpha value is -4.53. The zero-order valence-electron chi connectivity index (χ0n) is 26.4. The molecule has 3 aromatic rings. The highest BCUT2D eigenvalue weighted by atomic mass is 16.5. The largest absolute Gasteiger partial charge is 0.394 e. The summed E-state index contributed by atoms with van der Waals surface area (Å²) in [6, 6.07) is 22.7. The standard InChI is InChI=1S/C38H39N3O5/c1-4-37-19-11-21-39(28-15-9-6-10-16-28)34(43)31(37)32-35(44)41(30(24-42)27-13-7-5-8-14-27)33-36(45)40(22-12-20-38(32,33)46-37)29-23-25(2)17-18-26(29)3/h5-20,23,30-33,42H,4,21-22,24H2,1-3H3/t30-,31-,32+,33?,37+,38+/m1/s1. The molecule has 1 unspecified atom stereocenters. The number of aryl methyl sites for hydroxylation is 2. The zero-order chi connectivity index (χ0) is 32.2. The molecule has 4 aliphatic rings. The van der Waals surface area contributed by atoms with E-state index in [0.29, 0.717) is 18.5 Å². The van der Waals surface area contributed by atoms with Gasteiger partial charge in [0.15, 0.2) is 0 Å². The van der Waals surface area contributed by atoms with Crippen LogP contribution in [-0.2, 0) is 19.1 Å². The fraction of sp³-hybridized carbons (Fsp3) is 0.342. The molecule has 7 rings (SSSR count). The molecular weight excluding hydrogens is 578 g/mol. The average Bonchev–Trinajstić information content (AvgIpc) is 3.36. The Bertz CT molecular complexity index is 1740. The molecule has 46 heavy (non-hydrogen) atoms. The summed E-state index contributed by atoms with van der Waals surface area (Å²) in [5.41, 5.74) is 1.58. The molecule has 1 spiro atoms. The number of rotatable bonds is 6. The lowest BCUT2D eigenvalue weighted by Gasteiger charge is -2.41. The van der Waals surface area contributed by atoms with Gasteiger partial charge >= 0.3 is 0 Å². The first-order valence-electron chi connectivity index (χ1n) is 16.0. The van der Waals surface area contributed by atoms with E-state index in [4.69, 9.17) is 4.74 Å². The Morgan fingerprint density at radius 3 is 2.20 bits per heavy atom. The number of para-hydroxylation sites is 1. The molecule has 4 heterocycles. The molecule has 0 bridgehead atoms. The number of fused-ring (bicyclic) bond motifs is 2. The topological polar surface area (TPSA) is 90.4 Å². The van der Waals surface area contributed by atoms with E-state index < -0.39 is 41.7 Å². The number of likely N-dealkylation sites (tertiary alicyclic amines) is 1. The first-order valence-corrected chi connectivity index (χ1v) is 16.0. The van der Waals surface area contributed by atoms with Crippen LogP contribution >= 0.6 is 0 Å². The molecule has 0 aromatic heterocycles. The molecule has 2 fully saturated rings. The predicted molar refractivity (Wildman–Crippen MR) is 176 cm³/mol. The van der Waals surface area contributed by atoms with Gasteiger partial charge in [-0.1, -0.05) is 91.9 Å². The number of carbonyl (C=O) groups is 3. The van der Waals surface area contributed by atoms with Gasteiger partial charge in [-0.2, -0.15) is 0 Å². The van der Waals surface area contributed by atoms with Crippen molar-refractivity contribution >= 4 is 29.1 Å². The fourth-order valence-corrected chi connectivity index (χ4v) is 8.13. The van der Waals surface area contributed by atoms with Crippen molar-refractivity contribution in [2.45, 2.75) is 50.5 Å². The minimum Gasteiger partial charge on any atom is -0.394 e. The van der Waals surface area contributed by atoms with Gasteiger partial charge in [0.05, 0.1) is 30.1 Å². The number of aliphatic hydroxyl groups excluding tert-OH is 1. The number of hydrogen-bond donors (Lipinski definition) is 1. The second kappa shape index (κ2) is 11.4. The molecule has 8 nitrogen and oxygen atoms in total. The highest BCUT2D eigenvalue weighted by Gasteiger charge is 2.76. The van der Waals surface area contributed by atoms with Crippen LogP contribution in [0.25, 0.3) is 0 Å². The molecule has 236 valence electrons. The molecule has 3 aromatic carbocycles. The molecule has 1 N–H and O–H groups in total. The van der Waals surface area contributed by atoms with Crippen LogP contribution in [0, 0.1) is 25.7 Å². The van der Waals surface area contributed by atoms with Crippen LogP contribution in [0.3, 0.4) is 0 Å². The summed E-state index contributed by atoms with van der Waals surface area (Å²) in [5, 5.41) is 10.9. The van der Waals surface area contributed by atoms with Crippen LogP contribution in [0.4, 0.5) is 11.4 Å². The third-order valence-corrected chi connectivity index (χ3v) is 10.3. The maximum Gasteiger partial charge on any atom is 0.253 e. The Balaban J connectivity index is 1.43. The van der Waals surface area contributed by atoms with Crippen molar-refractivity contribution in [3.05, 3.63) is 120 Å². The Morgan fingerprint density at radius 1 is 0.826 bits per heavy atom. The molecule has 3 amide bonds. The van der Waals surface area contributed by atoms with Crippen LogP contribution in [0.1, 0.15) is 36.1 Å². The van der Waals surface area contributed by atoms with Gasteiger partial charge in [-0.3, -0.25) is 14.4 Å². The van der Waals surface area contributed by atoms with Crippen LogP contribution in [0.5, 0.6) is 0 Å². The Morgan fingerprint density at radius 2 is 1.50 bits per heavy atom. The van der Waals surface area contributed by atoms with Gasteiger partial charge in [0, 0.05) is 24.5 Å². The lowest BCUT2D eigenvalue weighted by Crippen LogP contribution is -2.57. The summed E-state index contributed by atoms with van der Waals surface area (Å²) >= 11 is 0. The average molecular weight is 618 g/mol. The summed E-state index contributed by atoms with van der Waals surface area (Å²) in [4.78, 5) is 49.9. The van der Waals surface area contributed by atoms with Gasteiger partial charge in [0.25, 0.3) is 5.91 Å². The monoisotopic (exact) mass is 617 g/mol. The summed E-state index contributed by atoms with van der Waals surface area (Å²) in [6.07, 6.45) is 8.08. The van der Waals surface area contributed by atoms with Gasteiger partial charge < -0.3 is 24.5 Å². The van der Waals surface area contributed by atoms with E-state index in [1.165, 1.54) is 4.90 Å². The van der Waals surface area contributed by atoms with Gasteiger partial charge in [-0.05, 0) is 55.2 Å². The second-order valence-electron chi connectivity index (χ2n) is 12.8. The van der Waals surface area contributed by atoms with Crippen molar-refractivity contribution in [2.24, 2.45) is 11.8 Å². The van der Waals surface area contributed by atoms with Crippen LogP contribution in [-0.4, -0.2) is 64.7 Å². The van der Waals surface area contributed by atoms with E-state index in [1.54, 1.807) is 9.80 Å². The van der Waals surface area contributed by atoms with E-state index in [1.807, 2.05) is 124 Å². The molecule has 6 atom stereocenters. The quantitative estimate of drug-likeness (QED) is 0.398. The third kappa shape index (κ3) is 4.38. The molecule has 4 aliphatic heterocycles. The normalized spacial score (nSPS) is 29.3. The minimum atomic E-state index is -1.44. The van der Waals surface area contributed by atoms with Crippen LogP contribution in [0.2, 0.25) is 0 Å². The SMILES string of the molecule is CC[C@]12C=CCN(c3ccccc3)C(=O)[C@H]1[C@H]1C(=O)N([C@H](CO)c3ccccc3)C3C(=O)N(c4cc(C)ccc4C)CC=C[C@@]31O2. The minimum absolute atomic E-state index is 0.217. The number of benzene rings is 3. The highest BCUT2D eigenvalue weighted by Crippen LogP contribution is 2.60. The molecule has 8 heteroatoms. The smallest absolute Gasteiger partial charge is 0.253 e. The van der Waals surface area contributed by atoms with Crippen molar-refractivity contribution in [2.75, 3.05) is 29.5 Å². The fourth-order valence-electron chi connectivity index (χ4n) is 8.13. The summed E-state index contributed by atoms with van der Waals surface area (Å²) in [6.45, 7) is 6.12.